The van der Waals surface area contributed by atoms with E-state index in [2.05, 4.69) is 47.9 Å². The Bertz CT molecular complexity index is 997. The van der Waals surface area contributed by atoms with Crippen LogP contribution in [0.25, 0.3) is 0 Å². The summed E-state index contributed by atoms with van der Waals surface area (Å²) >= 11 is 0. The largest absolute Gasteiger partial charge is 0.497 e. The number of hydrogen-bond acceptors (Lipinski definition) is 7. The number of ether oxygens (including phenoxy) is 3. The molecule has 0 radical (unpaired) electrons. The zero-order valence-corrected chi connectivity index (χ0v) is 21.0. The van der Waals surface area contributed by atoms with Gasteiger partial charge in [-0.2, -0.15) is 0 Å². The maximum absolute atomic E-state index is 12.8. The molecule has 1 saturated carbocycles. The average Bonchev–Trinajstić information content (AvgIpc) is 3.33. The lowest BCUT2D eigenvalue weighted by Gasteiger charge is -2.64. The summed E-state index contributed by atoms with van der Waals surface area (Å²) in [5.41, 5.74) is 0.0769. The van der Waals surface area contributed by atoms with E-state index in [-0.39, 0.29) is 30.1 Å². The Labute approximate surface area is 202 Å². The number of hydrogen-bond donors (Lipinski definition) is 1. The molecular formula is C27H38N2O5. The molecule has 6 atom stereocenters. The van der Waals surface area contributed by atoms with Crippen LogP contribution in [0.2, 0.25) is 0 Å². The highest BCUT2D eigenvalue weighted by Gasteiger charge is 2.77. The van der Waals surface area contributed by atoms with Crippen molar-refractivity contribution in [2.75, 3.05) is 45.4 Å². The minimum absolute atomic E-state index is 0.105. The lowest BCUT2D eigenvalue weighted by molar-refractivity contribution is -0.233. The Kier molecular flexibility index (Phi) is 5.73. The normalized spacial score (nSPS) is 37.8. The quantitative estimate of drug-likeness (QED) is 0.373. The van der Waals surface area contributed by atoms with Crippen LogP contribution in [0.15, 0.2) is 30.4 Å². The minimum atomic E-state index is -1.40. The van der Waals surface area contributed by atoms with Crippen molar-refractivity contribution in [2.24, 2.45) is 5.41 Å². The van der Waals surface area contributed by atoms with Gasteiger partial charge in [0.25, 0.3) is 0 Å². The highest BCUT2D eigenvalue weighted by molar-refractivity contribution is 5.71. The molecule has 1 aromatic rings. The number of anilines is 1. The van der Waals surface area contributed by atoms with Crippen molar-refractivity contribution in [3.63, 3.8) is 0 Å². The standard InChI is InChI=1S/C27H38N2O5/c1-6-15-33-17-27(31)23-26(20-10-9-19(32-5)16-21(20)28(23)4)12-14-29-13-8-11-25(7-2,22(26)29)24(27)34-18(3)30/h8-11,16,22-24,31H,6-7,12-15,17H2,1-5H3/t22-,23+,24+,25+,26+,27-/m0/s1. The summed E-state index contributed by atoms with van der Waals surface area (Å²) in [5, 5.41) is 12.8. The number of methoxy groups -OCH3 is 1. The molecule has 186 valence electrons. The highest BCUT2D eigenvalue weighted by atomic mass is 16.6. The van der Waals surface area contributed by atoms with Crippen LogP contribution in [0, 0.1) is 5.41 Å². The van der Waals surface area contributed by atoms with Gasteiger partial charge in [-0.3, -0.25) is 9.69 Å². The van der Waals surface area contributed by atoms with E-state index in [0.29, 0.717) is 6.61 Å². The molecule has 34 heavy (non-hydrogen) atoms. The Morgan fingerprint density at radius 1 is 1.26 bits per heavy atom. The SMILES string of the molecule is CCCOC[C@@]1(O)[C@H](OC(C)=O)[C@]2(CC)C=CCN3CC[C@@]4(c5ccc(OC)cc5N(C)[C@@H]14)[C@@H]32. The summed E-state index contributed by atoms with van der Waals surface area (Å²) in [6, 6.07) is 6.10. The molecule has 0 unspecified atom stereocenters. The zero-order chi connectivity index (χ0) is 24.3. The van der Waals surface area contributed by atoms with E-state index in [1.165, 1.54) is 12.5 Å². The third-order valence-corrected chi connectivity index (χ3v) is 8.90. The summed E-state index contributed by atoms with van der Waals surface area (Å²) in [6.45, 7) is 8.11. The molecule has 0 amide bonds. The van der Waals surface area contributed by atoms with Crippen LogP contribution >= 0.6 is 0 Å². The molecule has 7 nitrogen and oxygen atoms in total. The maximum Gasteiger partial charge on any atom is 0.303 e. The second-order valence-electron chi connectivity index (χ2n) is 10.5. The van der Waals surface area contributed by atoms with Gasteiger partial charge in [0.05, 0.1) is 19.8 Å². The summed E-state index contributed by atoms with van der Waals surface area (Å²) < 4.78 is 17.8. The van der Waals surface area contributed by atoms with Crippen LogP contribution in [0.4, 0.5) is 5.69 Å². The monoisotopic (exact) mass is 470 g/mol. The van der Waals surface area contributed by atoms with E-state index >= 15 is 0 Å². The molecule has 3 heterocycles. The Morgan fingerprint density at radius 3 is 2.74 bits per heavy atom. The van der Waals surface area contributed by atoms with Crippen LogP contribution < -0.4 is 9.64 Å². The molecule has 0 bridgehead atoms. The summed E-state index contributed by atoms with van der Waals surface area (Å²) in [7, 11) is 3.73. The van der Waals surface area contributed by atoms with Crippen molar-refractivity contribution in [1.29, 1.82) is 0 Å². The predicted octanol–water partition coefficient (Wildman–Crippen LogP) is 2.89. The minimum Gasteiger partial charge on any atom is -0.497 e. The van der Waals surface area contributed by atoms with E-state index in [0.717, 1.165) is 43.8 Å². The van der Waals surface area contributed by atoms with Gasteiger partial charge in [0.1, 0.15) is 17.5 Å². The number of rotatable bonds is 7. The number of carbonyl (C=O) groups is 1. The molecular weight excluding hydrogens is 432 g/mol. The fourth-order valence-corrected chi connectivity index (χ4v) is 7.99. The summed E-state index contributed by atoms with van der Waals surface area (Å²) in [6.07, 6.45) is 6.24. The first-order valence-corrected chi connectivity index (χ1v) is 12.6. The number of carbonyl (C=O) groups excluding carboxylic acids is 1. The van der Waals surface area contributed by atoms with Crippen molar-refractivity contribution in [3.05, 3.63) is 35.9 Å². The van der Waals surface area contributed by atoms with Crippen LogP contribution in [-0.4, -0.2) is 80.2 Å². The van der Waals surface area contributed by atoms with E-state index in [9.17, 15) is 9.90 Å². The Hall–Kier alpha value is -2.09. The highest BCUT2D eigenvalue weighted by Crippen LogP contribution is 2.67. The van der Waals surface area contributed by atoms with Crippen LogP contribution in [0.3, 0.4) is 0 Å². The van der Waals surface area contributed by atoms with Crippen molar-refractivity contribution in [3.8, 4) is 5.75 Å². The molecule has 2 fully saturated rings. The second-order valence-corrected chi connectivity index (χ2v) is 10.5. The number of nitrogens with zero attached hydrogens (tertiary/aromatic N) is 2. The Morgan fingerprint density at radius 2 is 2.06 bits per heavy atom. The van der Waals surface area contributed by atoms with Gasteiger partial charge in [-0.25, -0.2) is 0 Å². The lowest BCUT2D eigenvalue weighted by Crippen LogP contribution is -2.80. The van der Waals surface area contributed by atoms with Crippen LogP contribution in [0.1, 0.15) is 45.6 Å². The molecule has 1 spiro atoms. The molecule has 1 aliphatic carbocycles. The first-order valence-electron chi connectivity index (χ1n) is 12.6. The zero-order valence-electron chi connectivity index (χ0n) is 21.0. The van der Waals surface area contributed by atoms with Crippen molar-refractivity contribution in [2.45, 2.75) is 69.2 Å². The van der Waals surface area contributed by atoms with E-state index < -0.39 is 17.1 Å². The second kappa shape index (κ2) is 8.25. The fraction of sp³-hybridized carbons (Fsp3) is 0.667. The van der Waals surface area contributed by atoms with Gasteiger partial charge in [0.2, 0.25) is 0 Å². The molecule has 5 rings (SSSR count). The van der Waals surface area contributed by atoms with Crippen LogP contribution in [0.5, 0.6) is 5.75 Å². The lowest BCUT2D eigenvalue weighted by atomic mass is 9.48. The number of esters is 1. The van der Waals surface area contributed by atoms with E-state index in [4.69, 9.17) is 14.2 Å². The molecule has 7 heteroatoms. The number of aliphatic hydroxyl groups is 1. The smallest absolute Gasteiger partial charge is 0.303 e. The fourth-order valence-electron chi connectivity index (χ4n) is 7.99. The van der Waals surface area contributed by atoms with E-state index in [1.807, 2.05) is 13.1 Å². The van der Waals surface area contributed by atoms with Gasteiger partial charge in [0, 0.05) is 55.7 Å². The van der Waals surface area contributed by atoms with Gasteiger partial charge in [-0.15, -0.1) is 0 Å². The predicted molar refractivity (Wildman–Crippen MR) is 130 cm³/mol. The average molecular weight is 471 g/mol. The van der Waals surface area contributed by atoms with Crippen molar-refractivity contribution in [1.82, 2.24) is 4.90 Å². The van der Waals surface area contributed by atoms with Gasteiger partial charge < -0.3 is 24.2 Å². The number of fused-ring (bicyclic) bond motifs is 1. The third-order valence-electron chi connectivity index (χ3n) is 8.90. The number of likely N-dealkylation sites (N-methyl/N-ethyl adjacent to an activating group) is 1. The molecule has 0 aromatic heterocycles. The van der Waals surface area contributed by atoms with Gasteiger partial charge in [-0.1, -0.05) is 32.1 Å². The molecule has 1 aromatic carbocycles. The maximum atomic E-state index is 12.8. The summed E-state index contributed by atoms with van der Waals surface area (Å²) in [4.78, 5) is 17.2. The first-order chi connectivity index (χ1) is 16.3. The van der Waals surface area contributed by atoms with E-state index in [1.54, 1.807) is 7.11 Å². The first kappa shape index (κ1) is 23.6. The van der Waals surface area contributed by atoms with Gasteiger partial charge in [-0.05, 0) is 37.4 Å². The Balaban J connectivity index is 1.78. The summed E-state index contributed by atoms with van der Waals surface area (Å²) in [5.74, 6) is 0.422. The molecule has 3 aliphatic heterocycles. The van der Waals surface area contributed by atoms with Gasteiger partial charge >= 0.3 is 5.97 Å². The van der Waals surface area contributed by atoms with Gasteiger partial charge in [0.15, 0.2) is 0 Å². The molecule has 1 N–H and O–H groups in total. The third kappa shape index (κ3) is 2.90. The van der Waals surface area contributed by atoms with Crippen LogP contribution in [-0.2, 0) is 19.7 Å². The van der Waals surface area contributed by atoms with Crippen molar-refractivity contribution < 1.29 is 24.1 Å². The van der Waals surface area contributed by atoms with Crippen molar-refractivity contribution >= 4 is 11.7 Å². The molecule has 1 saturated heterocycles. The topological polar surface area (TPSA) is 71.5 Å². The number of benzene rings is 1. The molecule has 4 aliphatic rings.